The van der Waals surface area contributed by atoms with Crippen LogP contribution in [0.3, 0.4) is 0 Å². The number of halogens is 2. The number of likely N-dealkylation sites (tertiary alicyclic amines) is 1. The summed E-state index contributed by atoms with van der Waals surface area (Å²) in [5.41, 5.74) is 5.34. The fourth-order valence-electron chi connectivity index (χ4n) is 3.21. The van der Waals surface area contributed by atoms with Crippen molar-refractivity contribution in [3.63, 3.8) is 0 Å². The molecule has 3 rings (SSSR count). The summed E-state index contributed by atoms with van der Waals surface area (Å²) < 4.78 is 26.7. The molecule has 2 fully saturated rings. The van der Waals surface area contributed by atoms with Crippen molar-refractivity contribution in [2.24, 2.45) is 11.7 Å². The van der Waals surface area contributed by atoms with Crippen molar-refractivity contribution in [1.29, 1.82) is 0 Å². The molecule has 2 heterocycles. The maximum atomic E-state index is 12.7. The Morgan fingerprint density at radius 1 is 1.17 bits per heavy atom. The smallest absolute Gasteiger partial charge is 0.244 e. The van der Waals surface area contributed by atoms with Crippen LogP contribution in [0, 0.1) is 5.92 Å². The van der Waals surface area contributed by atoms with Gasteiger partial charge in [-0.1, -0.05) is 23.2 Å². The average Bonchev–Trinajstić information content (AvgIpc) is 2.48. The molecule has 24 heavy (non-hydrogen) atoms. The van der Waals surface area contributed by atoms with Crippen LogP contribution in [0.4, 0.5) is 0 Å². The Balaban J connectivity index is 1.62. The first-order chi connectivity index (χ1) is 11.3. The van der Waals surface area contributed by atoms with Gasteiger partial charge in [0.25, 0.3) is 0 Å². The number of nitrogens with zero attached hydrogens (tertiary/aromatic N) is 2. The predicted octanol–water partition coefficient (Wildman–Crippen LogP) is 1.56. The molecule has 2 saturated heterocycles. The molecule has 0 aromatic heterocycles. The molecule has 2 N–H and O–H groups in total. The standard InChI is InChI=1S/C15H19Cl2N3O3S/c16-11-1-2-13(17)14(7-11)24(22,23)20-8-12(9-20)19-5-3-10(4-6-19)15(18)21/h1-2,7,10,12H,3-6,8-9H2,(H2,18,21). The summed E-state index contributed by atoms with van der Waals surface area (Å²) in [4.78, 5) is 13.5. The Labute approximate surface area is 151 Å². The van der Waals surface area contributed by atoms with Crippen molar-refractivity contribution < 1.29 is 13.2 Å². The molecule has 0 aliphatic carbocycles. The molecule has 0 bridgehead atoms. The van der Waals surface area contributed by atoms with Crippen molar-refractivity contribution in [3.8, 4) is 0 Å². The number of amides is 1. The van der Waals surface area contributed by atoms with Crippen molar-refractivity contribution >= 4 is 39.1 Å². The fourth-order valence-corrected chi connectivity index (χ4v) is 5.46. The molecule has 0 radical (unpaired) electrons. The molecular weight excluding hydrogens is 373 g/mol. The molecule has 6 nitrogen and oxygen atoms in total. The van der Waals surface area contributed by atoms with E-state index in [1.54, 1.807) is 6.07 Å². The number of benzene rings is 1. The highest BCUT2D eigenvalue weighted by Gasteiger charge is 2.41. The van der Waals surface area contributed by atoms with Crippen molar-refractivity contribution in [1.82, 2.24) is 9.21 Å². The Bertz CT molecular complexity index is 742. The number of carbonyl (C=O) groups is 1. The first-order valence-electron chi connectivity index (χ1n) is 7.77. The van der Waals surface area contributed by atoms with E-state index >= 15 is 0 Å². The number of hydrogen-bond acceptors (Lipinski definition) is 4. The quantitative estimate of drug-likeness (QED) is 0.843. The average molecular weight is 392 g/mol. The summed E-state index contributed by atoms with van der Waals surface area (Å²) in [6.45, 7) is 2.38. The van der Waals surface area contributed by atoms with Crippen LogP contribution in [-0.2, 0) is 14.8 Å². The van der Waals surface area contributed by atoms with Gasteiger partial charge >= 0.3 is 0 Å². The third kappa shape index (κ3) is 3.41. The van der Waals surface area contributed by atoms with E-state index < -0.39 is 10.0 Å². The van der Waals surface area contributed by atoms with Gasteiger partial charge in [-0.3, -0.25) is 9.69 Å². The molecule has 0 saturated carbocycles. The summed E-state index contributed by atoms with van der Waals surface area (Å²) in [5, 5.41) is 0.508. The number of sulfonamides is 1. The van der Waals surface area contributed by atoms with Gasteiger partial charge in [0.1, 0.15) is 4.90 Å². The van der Waals surface area contributed by atoms with Gasteiger partial charge in [-0.2, -0.15) is 4.31 Å². The predicted molar refractivity (Wildman–Crippen MR) is 92.5 cm³/mol. The number of hydrogen-bond donors (Lipinski definition) is 1. The van der Waals surface area contributed by atoms with Crippen LogP contribution in [-0.4, -0.2) is 55.8 Å². The van der Waals surface area contributed by atoms with Gasteiger partial charge in [0.15, 0.2) is 0 Å². The second-order valence-electron chi connectivity index (χ2n) is 6.26. The van der Waals surface area contributed by atoms with E-state index in [4.69, 9.17) is 28.9 Å². The summed E-state index contributed by atoms with van der Waals surface area (Å²) in [6.07, 6.45) is 1.47. The Hall–Kier alpha value is -0.860. The molecule has 2 aliphatic rings. The Morgan fingerprint density at radius 3 is 2.38 bits per heavy atom. The van der Waals surface area contributed by atoms with E-state index in [0.29, 0.717) is 18.1 Å². The van der Waals surface area contributed by atoms with Crippen LogP contribution in [0.15, 0.2) is 23.1 Å². The van der Waals surface area contributed by atoms with E-state index in [-0.39, 0.29) is 27.8 Å². The monoisotopic (exact) mass is 391 g/mol. The van der Waals surface area contributed by atoms with Gasteiger partial charge < -0.3 is 5.73 Å². The zero-order chi connectivity index (χ0) is 17.5. The normalized spacial score (nSPS) is 21.6. The minimum atomic E-state index is -3.64. The topological polar surface area (TPSA) is 83.7 Å². The molecule has 1 aromatic carbocycles. The van der Waals surface area contributed by atoms with Gasteiger partial charge in [0, 0.05) is 30.1 Å². The lowest BCUT2D eigenvalue weighted by atomic mass is 9.94. The maximum Gasteiger partial charge on any atom is 0.244 e. The lowest BCUT2D eigenvalue weighted by Crippen LogP contribution is -2.62. The van der Waals surface area contributed by atoms with E-state index in [1.165, 1.54) is 16.4 Å². The number of primary amides is 1. The zero-order valence-electron chi connectivity index (χ0n) is 13.0. The number of carbonyl (C=O) groups excluding carboxylic acids is 1. The molecule has 0 spiro atoms. The molecule has 1 amide bonds. The lowest BCUT2D eigenvalue weighted by Gasteiger charge is -2.46. The van der Waals surface area contributed by atoms with Gasteiger partial charge in [-0.05, 0) is 44.1 Å². The molecule has 9 heteroatoms. The Morgan fingerprint density at radius 2 is 1.79 bits per heavy atom. The fraction of sp³-hybridized carbons (Fsp3) is 0.533. The summed E-state index contributed by atoms with van der Waals surface area (Å²) in [6, 6.07) is 4.60. The van der Waals surface area contributed by atoms with Crippen LogP contribution in [0.1, 0.15) is 12.8 Å². The molecule has 0 atom stereocenters. The summed E-state index contributed by atoms with van der Waals surface area (Å²) in [5.74, 6) is -0.311. The maximum absolute atomic E-state index is 12.7. The van der Waals surface area contributed by atoms with Gasteiger partial charge in [0.05, 0.1) is 5.02 Å². The summed E-state index contributed by atoms with van der Waals surface area (Å²) in [7, 11) is -3.64. The SMILES string of the molecule is NC(=O)C1CCN(C2CN(S(=O)(=O)c3cc(Cl)ccc3Cl)C2)CC1. The second-order valence-corrected chi connectivity index (χ2v) is 9.01. The minimum absolute atomic E-state index is 0.0440. The van der Waals surface area contributed by atoms with E-state index in [0.717, 1.165) is 25.9 Å². The third-order valence-electron chi connectivity index (χ3n) is 4.79. The minimum Gasteiger partial charge on any atom is -0.369 e. The first kappa shape index (κ1) is 17.9. The van der Waals surface area contributed by atoms with Crippen LogP contribution < -0.4 is 5.73 Å². The van der Waals surface area contributed by atoms with Gasteiger partial charge in [0.2, 0.25) is 15.9 Å². The molecule has 132 valence electrons. The largest absolute Gasteiger partial charge is 0.369 e. The first-order valence-corrected chi connectivity index (χ1v) is 9.97. The molecule has 1 aromatic rings. The molecule has 2 aliphatic heterocycles. The second kappa shape index (κ2) is 6.80. The van der Waals surface area contributed by atoms with E-state index in [9.17, 15) is 13.2 Å². The van der Waals surface area contributed by atoms with Crippen LogP contribution in [0.25, 0.3) is 0 Å². The van der Waals surface area contributed by atoms with Crippen molar-refractivity contribution in [3.05, 3.63) is 28.2 Å². The summed E-state index contributed by atoms with van der Waals surface area (Å²) >= 11 is 11.9. The number of nitrogens with two attached hydrogens (primary N) is 1. The molecule has 0 unspecified atom stereocenters. The Kier molecular flexibility index (Phi) is 5.09. The van der Waals surface area contributed by atoms with Crippen molar-refractivity contribution in [2.75, 3.05) is 26.2 Å². The van der Waals surface area contributed by atoms with Crippen molar-refractivity contribution in [2.45, 2.75) is 23.8 Å². The third-order valence-corrected chi connectivity index (χ3v) is 7.34. The van der Waals surface area contributed by atoms with Crippen LogP contribution >= 0.6 is 23.2 Å². The van der Waals surface area contributed by atoms with Gasteiger partial charge in [-0.15, -0.1) is 0 Å². The van der Waals surface area contributed by atoms with Crippen LogP contribution in [0.5, 0.6) is 0 Å². The highest BCUT2D eigenvalue weighted by molar-refractivity contribution is 7.89. The highest BCUT2D eigenvalue weighted by atomic mass is 35.5. The van der Waals surface area contributed by atoms with Crippen LogP contribution in [0.2, 0.25) is 10.0 Å². The van der Waals surface area contributed by atoms with Gasteiger partial charge in [-0.25, -0.2) is 8.42 Å². The lowest BCUT2D eigenvalue weighted by molar-refractivity contribution is -0.123. The highest BCUT2D eigenvalue weighted by Crippen LogP contribution is 2.32. The number of piperidine rings is 1. The van der Waals surface area contributed by atoms with E-state index in [2.05, 4.69) is 4.90 Å². The molecular formula is C15H19Cl2N3O3S. The van der Waals surface area contributed by atoms with E-state index in [1.807, 2.05) is 0 Å². The number of rotatable bonds is 4. The zero-order valence-corrected chi connectivity index (χ0v) is 15.3.